The maximum atomic E-state index is 15.0. The molecule has 0 bridgehead atoms. The zero-order chi connectivity index (χ0) is 27.3. The molecule has 11 heteroatoms. The first-order valence-electron chi connectivity index (χ1n) is 12.9. The predicted octanol–water partition coefficient (Wildman–Crippen LogP) is 5.15. The van der Waals surface area contributed by atoms with Crippen LogP contribution < -0.4 is 10.2 Å². The van der Waals surface area contributed by atoms with Crippen LogP contribution in [0.5, 0.6) is 0 Å². The van der Waals surface area contributed by atoms with Gasteiger partial charge in [-0.25, -0.2) is 4.39 Å². The molecule has 2 fully saturated rings. The minimum Gasteiger partial charge on any atom is -0.395 e. The standard InChI is InChI=1S/C27H33ClF4N4O2/c28-20-5-7-24(25(16-20)35-13-11-34(12-14-35)10-8-27(30,31)32)33-26(38)22-6-4-19(15-23(22)29)17-36-9-2-1-3-21(36)18-37/h4-7,15-16,21,37H,1-3,8-14,17-18H2,(H,33,38). The second kappa shape index (κ2) is 12.6. The van der Waals surface area contributed by atoms with Crippen LogP contribution in [0, 0.1) is 5.82 Å². The van der Waals surface area contributed by atoms with Gasteiger partial charge in [-0.3, -0.25) is 14.6 Å². The smallest absolute Gasteiger partial charge is 0.390 e. The Labute approximate surface area is 225 Å². The molecule has 208 valence electrons. The molecule has 0 saturated carbocycles. The van der Waals surface area contributed by atoms with Gasteiger partial charge in [0.2, 0.25) is 0 Å². The number of amides is 1. The van der Waals surface area contributed by atoms with E-state index < -0.39 is 24.3 Å². The summed E-state index contributed by atoms with van der Waals surface area (Å²) in [5.74, 6) is -1.24. The highest BCUT2D eigenvalue weighted by atomic mass is 35.5. The number of aliphatic hydroxyl groups excluding tert-OH is 1. The van der Waals surface area contributed by atoms with E-state index in [9.17, 15) is 23.1 Å². The number of piperazine rings is 1. The summed E-state index contributed by atoms with van der Waals surface area (Å²) in [5.41, 5.74) is 1.73. The maximum Gasteiger partial charge on any atom is 0.390 e. The highest BCUT2D eigenvalue weighted by molar-refractivity contribution is 6.31. The number of nitrogens with one attached hydrogen (secondary N) is 1. The van der Waals surface area contributed by atoms with Crippen LogP contribution >= 0.6 is 11.6 Å². The van der Waals surface area contributed by atoms with Crippen molar-refractivity contribution in [2.75, 3.05) is 56.1 Å². The van der Waals surface area contributed by atoms with Crippen LogP contribution in [0.3, 0.4) is 0 Å². The van der Waals surface area contributed by atoms with Crippen molar-refractivity contribution in [1.29, 1.82) is 0 Å². The van der Waals surface area contributed by atoms with E-state index in [-0.39, 0.29) is 24.8 Å². The summed E-state index contributed by atoms with van der Waals surface area (Å²) >= 11 is 6.21. The second-order valence-electron chi connectivity index (χ2n) is 9.93. The Hall–Kier alpha value is -2.40. The van der Waals surface area contributed by atoms with Gasteiger partial charge in [0.25, 0.3) is 5.91 Å². The van der Waals surface area contributed by atoms with Crippen LogP contribution in [0.1, 0.15) is 41.6 Å². The Bertz CT molecular complexity index is 1110. The van der Waals surface area contributed by atoms with Crippen LogP contribution in [0.15, 0.2) is 36.4 Å². The van der Waals surface area contributed by atoms with E-state index in [1.54, 1.807) is 29.2 Å². The van der Waals surface area contributed by atoms with E-state index in [1.165, 1.54) is 12.1 Å². The number of aliphatic hydroxyl groups is 1. The Kier molecular flexibility index (Phi) is 9.51. The number of rotatable bonds is 8. The number of alkyl halides is 3. The molecule has 38 heavy (non-hydrogen) atoms. The molecule has 2 N–H and O–H groups in total. The fourth-order valence-corrected chi connectivity index (χ4v) is 5.28. The third-order valence-corrected chi connectivity index (χ3v) is 7.49. The van der Waals surface area contributed by atoms with Crippen LogP contribution in [0.2, 0.25) is 5.02 Å². The molecule has 2 aliphatic heterocycles. The summed E-state index contributed by atoms with van der Waals surface area (Å²) in [4.78, 5) is 18.9. The van der Waals surface area contributed by atoms with E-state index in [4.69, 9.17) is 11.6 Å². The molecule has 1 atom stereocenters. The lowest BCUT2D eigenvalue weighted by molar-refractivity contribution is -0.138. The van der Waals surface area contributed by atoms with Gasteiger partial charge < -0.3 is 15.3 Å². The summed E-state index contributed by atoms with van der Waals surface area (Å²) in [7, 11) is 0. The lowest BCUT2D eigenvalue weighted by Gasteiger charge is -2.37. The number of hydrogen-bond acceptors (Lipinski definition) is 5. The zero-order valence-electron chi connectivity index (χ0n) is 21.1. The molecule has 0 radical (unpaired) electrons. The molecule has 6 nitrogen and oxygen atoms in total. The molecule has 2 aromatic carbocycles. The molecule has 2 aromatic rings. The number of piperidine rings is 1. The summed E-state index contributed by atoms with van der Waals surface area (Å²) in [5, 5.41) is 12.9. The van der Waals surface area contributed by atoms with Gasteiger partial charge in [-0.2, -0.15) is 13.2 Å². The third kappa shape index (κ3) is 7.59. The van der Waals surface area contributed by atoms with Crippen molar-refractivity contribution >= 4 is 28.9 Å². The average Bonchev–Trinajstić information content (AvgIpc) is 2.89. The van der Waals surface area contributed by atoms with Gasteiger partial charge in [0.1, 0.15) is 5.82 Å². The minimum atomic E-state index is -4.19. The number of nitrogens with zero attached hydrogens (tertiary/aromatic N) is 3. The quantitative estimate of drug-likeness (QED) is 0.440. The Balaban J connectivity index is 1.41. The molecule has 2 saturated heterocycles. The first kappa shape index (κ1) is 28.6. The molecule has 2 heterocycles. The van der Waals surface area contributed by atoms with Gasteiger partial charge in [0.05, 0.1) is 30.0 Å². The Morgan fingerprint density at radius 3 is 2.50 bits per heavy atom. The fourth-order valence-electron chi connectivity index (χ4n) is 5.11. The van der Waals surface area contributed by atoms with Crippen molar-refractivity contribution in [3.8, 4) is 0 Å². The third-order valence-electron chi connectivity index (χ3n) is 7.26. The number of hydrogen-bond donors (Lipinski definition) is 2. The van der Waals surface area contributed by atoms with E-state index in [1.807, 2.05) is 4.90 Å². The number of carbonyl (C=O) groups is 1. The molecular weight excluding hydrogens is 524 g/mol. The molecule has 1 unspecified atom stereocenters. The predicted molar refractivity (Wildman–Crippen MR) is 140 cm³/mol. The number of halogens is 5. The van der Waals surface area contributed by atoms with E-state index >= 15 is 4.39 Å². The first-order valence-corrected chi connectivity index (χ1v) is 13.3. The van der Waals surface area contributed by atoms with Crippen molar-refractivity contribution in [2.24, 2.45) is 0 Å². The molecule has 2 aliphatic rings. The van der Waals surface area contributed by atoms with E-state index in [0.29, 0.717) is 49.1 Å². The second-order valence-corrected chi connectivity index (χ2v) is 10.4. The lowest BCUT2D eigenvalue weighted by atomic mass is 10.0. The monoisotopic (exact) mass is 556 g/mol. The van der Waals surface area contributed by atoms with Gasteiger partial charge in [-0.1, -0.05) is 24.1 Å². The largest absolute Gasteiger partial charge is 0.395 e. The molecule has 0 aliphatic carbocycles. The normalized spacial score (nSPS) is 19.5. The van der Waals surface area contributed by atoms with Crippen molar-refractivity contribution in [2.45, 2.75) is 44.4 Å². The van der Waals surface area contributed by atoms with E-state index in [2.05, 4.69) is 10.2 Å². The van der Waals surface area contributed by atoms with Crippen LogP contribution in [-0.4, -0.2) is 78.9 Å². The highest BCUT2D eigenvalue weighted by Crippen LogP contribution is 2.31. The van der Waals surface area contributed by atoms with E-state index in [0.717, 1.165) is 31.4 Å². The molecule has 0 spiro atoms. The molecule has 1 amide bonds. The number of anilines is 2. The van der Waals surface area contributed by atoms with Crippen molar-refractivity contribution in [3.05, 3.63) is 58.4 Å². The average molecular weight is 557 g/mol. The van der Waals surface area contributed by atoms with Gasteiger partial charge in [-0.05, 0) is 55.3 Å². The lowest BCUT2D eigenvalue weighted by Crippen LogP contribution is -2.47. The summed E-state index contributed by atoms with van der Waals surface area (Å²) < 4.78 is 52.7. The van der Waals surface area contributed by atoms with Gasteiger partial charge >= 0.3 is 6.18 Å². The number of carbonyl (C=O) groups excluding carboxylic acids is 1. The molecular formula is C27H33ClF4N4O2. The summed E-state index contributed by atoms with van der Waals surface area (Å²) in [6.45, 7) is 3.18. The maximum absolute atomic E-state index is 15.0. The van der Waals surface area contributed by atoms with Crippen molar-refractivity contribution in [3.63, 3.8) is 0 Å². The Morgan fingerprint density at radius 2 is 1.82 bits per heavy atom. The SMILES string of the molecule is O=C(Nc1ccc(Cl)cc1N1CCN(CCC(F)(F)F)CC1)c1ccc(CN2CCCCC2CO)cc1F. The highest BCUT2D eigenvalue weighted by Gasteiger charge is 2.29. The number of benzene rings is 2. The van der Waals surface area contributed by atoms with Gasteiger partial charge in [0.15, 0.2) is 0 Å². The van der Waals surface area contributed by atoms with Gasteiger partial charge in [-0.15, -0.1) is 0 Å². The topological polar surface area (TPSA) is 59.1 Å². The molecule has 0 aromatic heterocycles. The van der Waals surface area contributed by atoms with Crippen LogP contribution in [-0.2, 0) is 6.54 Å². The first-order chi connectivity index (χ1) is 18.1. The van der Waals surface area contributed by atoms with Crippen molar-refractivity contribution < 1.29 is 27.5 Å². The van der Waals surface area contributed by atoms with Crippen molar-refractivity contribution in [1.82, 2.24) is 9.80 Å². The van der Waals surface area contributed by atoms with Gasteiger partial charge in [0, 0.05) is 50.3 Å². The minimum absolute atomic E-state index is 0.0514. The number of likely N-dealkylation sites (tertiary alicyclic amines) is 1. The zero-order valence-corrected chi connectivity index (χ0v) is 21.9. The molecule has 4 rings (SSSR count). The fraction of sp³-hybridized carbons (Fsp3) is 0.519. The van der Waals surface area contributed by atoms with Crippen LogP contribution in [0.4, 0.5) is 28.9 Å². The summed E-state index contributed by atoms with van der Waals surface area (Å²) in [6.07, 6.45) is -2.03. The summed E-state index contributed by atoms with van der Waals surface area (Å²) in [6, 6.07) is 9.57. The van der Waals surface area contributed by atoms with Crippen LogP contribution in [0.25, 0.3) is 0 Å². The Morgan fingerprint density at radius 1 is 1.05 bits per heavy atom.